The van der Waals surface area contributed by atoms with Crippen molar-refractivity contribution in [3.8, 4) is 5.69 Å². The van der Waals surface area contributed by atoms with Crippen LogP contribution in [0.1, 0.15) is 48.8 Å². The third-order valence-corrected chi connectivity index (χ3v) is 2.79. The van der Waals surface area contributed by atoms with E-state index in [0.717, 1.165) is 17.8 Å². The van der Waals surface area contributed by atoms with Crippen LogP contribution >= 0.6 is 0 Å². The molecule has 1 N–H and O–H groups in total. The van der Waals surface area contributed by atoms with Gasteiger partial charge in [-0.1, -0.05) is 20.8 Å². The van der Waals surface area contributed by atoms with Crippen LogP contribution in [0.3, 0.4) is 0 Å². The number of aromatic carboxylic acids is 1. The van der Waals surface area contributed by atoms with Crippen LogP contribution in [0.15, 0.2) is 6.20 Å². The number of aryl methyl sites for hydroxylation is 2. The highest BCUT2D eigenvalue weighted by Gasteiger charge is 2.21. The maximum absolute atomic E-state index is 11.0. The van der Waals surface area contributed by atoms with Gasteiger partial charge in [0.25, 0.3) is 5.82 Å². The maximum atomic E-state index is 11.0. The first-order valence-electron chi connectivity index (χ1n) is 6.17. The van der Waals surface area contributed by atoms with Gasteiger partial charge in [-0.3, -0.25) is 4.68 Å². The topological polar surface area (TPSA) is 85.8 Å². The molecule has 102 valence electrons. The fourth-order valence-corrected chi connectivity index (χ4v) is 1.92. The Morgan fingerprint density at radius 1 is 1.42 bits per heavy atom. The summed E-state index contributed by atoms with van der Waals surface area (Å²) in [6.07, 6.45) is 2.57. The molecule has 2 heterocycles. The maximum Gasteiger partial charge on any atom is 0.375 e. The van der Waals surface area contributed by atoms with Crippen molar-refractivity contribution < 1.29 is 9.90 Å². The summed E-state index contributed by atoms with van der Waals surface area (Å²) in [6.45, 7) is 5.90. The summed E-state index contributed by atoms with van der Waals surface area (Å²) >= 11 is 0. The lowest BCUT2D eigenvalue weighted by Crippen LogP contribution is -2.06. The lowest BCUT2D eigenvalue weighted by Gasteiger charge is -2.07. The van der Waals surface area contributed by atoms with Gasteiger partial charge in [0.15, 0.2) is 0 Å². The molecule has 0 aliphatic carbocycles. The van der Waals surface area contributed by atoms with Crippen LogP contribution in [-0.4, -0.2) is 35.6 Å². The number of aromatic nitrogens is 5. The molecule has 0 radical (unpaired) electrons. The highest BCUT2D eigenvalue weighted by molar-refractivity contribution is 5.83. The first-order valence-corrected chi connectivity index (χ1v) is 6.17. The van der Waals surface area contributed by atoms with Gasteiger partial charge in [0.05, 0.1) is 11.9 Å². The molecule has 7 heteroatoms. The summed E-state index contributed by atoms with van der Waals surface area (Å²) in [5, 5.41) is 17.4. The van der Waals surface area contributed by atoms with E-state index in [1.165, 1.54) is 0 Å². The number of carboxylic acid groups (broad SMARTS) is 1. The fourth-order valence-electron chi connectivity index (χ4n) is 1.92. The Bertz CT molecular complexity index is 612. The molecule has 0 bridgehead atoms. The number of carboxylic acids is 1. The number of nitrogens with zero attached hydrogens (tertiary/aromatic N) is 5. The van der Waals surface area contributed by atoms with Gasteiger partial charge < -0.3 is 5.11 Å². The molecule has 0 amide bonds. The molecule has 7 nitrogen and oxygen atoms in total. The van der Waals surface area contributed by atoms with Gasteiger partial charge in [0.2, 0.25) is 0 Å². The summed E-state index contributed by atoms with van der Waals surface area (Å²) in [4.78, 5) is 15.1. The van der Waals surface area contributed by atoms with Crippen molar-refractivity contribution in [2.45, 2.75) is 33.1 Å². The standard InChI is InChI=1S/C12H17N5O2/c1-5-8-9(6-16(4)14-8)17-11(7(2)3)13-10(15-17)12(18)19/h6-7H,5H2,1-4H3,(H,18,19). The van der Waals surface area contributed by atoms with E-state index in [4.69, 9.17) is 5.11 Å². The van der Waals surface area contributed by atoms with Crippen molar-refractivity contribution in [3.05, 3.63) is 23.5 Å². The minimum atomic E-state index is -1.12. The monoisotopic (exact) mass is 263 g/mol. The Hall–Kier alpha value is -2.18. The molecule has 0 saturated carbocycles. The highest BCUT2D eigenvalue weighted by atomic mass is 16.4. The third kappa shape index (κ3) is 2.35. The quantitative estimate of drug-likeness (QED) is 0.900. The van der Waals surface area contributed by atoms with Crippen molar-refractivity contribution in [3.63, 3.8) is 0 Å². The summed E-state index contributed by atoms with van der Waals surface area (Å²) < 4.78 is 3.28. The van der Waals surface area contributed by atoms with E-state index < -0.39 is 5.97 Å². The number of hydrogen-bond donors (Lipinski definition) is 1. The minimum absolute atomic E-state index is 0.0745. The van der Waals surface area contributed by atoms with Crippen molar-refractivity contribution in [1.82, 2.24) is 24.5 Å². The Balaban J connectivity index is 2.62. The van der Waals surface area contributed by atoms with Crippen molar-refractivity contribution in [2.75, 3.05) is 0 Å². The Kier molecular flexibility index (Phi) is 3.37. The van der Waals surface area contributed by atoms with Crippen LogP contribution in [0.2, 0.25) is 0 Å². The van der Waals surface area contributed by atoms with E-state index in [1.807, 2.05) is 34.0 Å². The Morgan fingerprint density at radius 3 is 2.63 bits per heavy atom. The number of rotatable bonds is 4. The average molecular weight is 263 g/mol. The molecule has 0 aliphatic rings. The van der Waals surface area contributed by atoms with E-state index in [9.17, 15) is 4.79 Å². The molecule has 2 rings (SSSR count). The van der Waals surface area contributed by atoms with E-state index in [-0.39, 0.29) is 11.7 Å². The van der Waals surface area contributed by atoms with Gasteiger partial charge >= 0.3 is 5.97 Å². The Morgan fingerprint density at radius 2 is 2.11 bits per heavy atom. The summed E-state index contributed by atoms with van der Waals surface area (Å²) in [5.74, 6) is -0.609. The van der Waals surface area contributed by atoms with Gasteiger partial charge in [-0.25, -0.2) is 14.5 Å². The van der Waals surface area contributed by atoms with Crippen LogP contribution in [-0.2, 0) is 13.5 Å². The molecular weight excluding hydrogens is 246 g/mol. The molecule has 0 fully saturated rings. The van der Waals surface area contributed by atoms with Gasteiger partial charge in [0.1, 0.15) is 11.5 Å². The lowest BCUT2D eigenvalue weighted by atomic mass is 10.2. The van der Waals surface area contributed by atoms with Crippen LogP contribution in [0.5, 0.6) is 0 Å². The van der Waals surface area contributed by atoms with Crippen LogP contribution in [0.25, 0.3) is 5.69 Å². The first kappa shape index (κ1) is 13.3. The molecule has 0 spiro atoms. The molecule has 2 aromatic rings. The normalized spacial score (nSPS) is 11.2. The van der Waals surface area contributed by atoms with E-state index in [0.29, 0.717) is 5.82 Å². The molecule has 2 aromatic heterocycles. The van der Waals surface area contributed by atoms with Crippen molar-refractivity contribution in [1.29, 1.82) is 0 Å². The van der Waals surface area contributed by atoms with Crippen LogP contribution in [0, 0.1) is 0 Å². The SMILES string of the molecule is CCc1nn(C)cc1-n1nc(C(=O)O)nc1C(C)C. The largest absolute Gasteiger partial charge is 0.475 e. The number of carbonyl (C=O) groups is 1. The molecular formula is C12H17N5O2. The zero-order valence-corrected chi connectivity index (χ0v) is 11.5. The average Bonchev–Trinajstić information content (AvgIpc) is 2.91. The molecule has 0 aromatic carbocycles. The molecule has 0 atom stereocenters. The van der Waals surface area contributed by atoms with Crippen LogP contribution in [0.4, 0.5) is 0 Å². The zero-order valence-electron chi connectivity index (χ0n) is 11.5. The first-order chi connectivity index (χ1) is 8.93. The molecule has 0 unspecified atom stereocenters. The predicted molar refractivity (Wildman–Crippen MR) is 68.6 cm³/mol. The second kappa shape index (κ2) is 4.83. The van der Waals surface area contributed by atoms with Gasteiger partial charge in [0, 0.05) is 13.0 Å². The smallest absolute Gasteiger partial charge is 0.375 e. The van der Waals surface area contributed by atoms with Gasteiger partial charge in [-0.2, -0.15) is 5.10 Å². The molecule has 0 aliphatic heterocycles. The number of hydrogen-bond acceptors (Lipinski definition) is 4. The predicted octanol–water partition coefficient (Wildman–Crippen LogP) is 1.38. The second-order valence-corrected chi connectivity index (χ2v) is 4.65. The van der Waals surface area contributed by atoms with Crippen molar-refractivity contribution in [2.24, 2.45) is 7.05 Å². The molecule has 19 heavy (non-hydrogen) atoms. The third-order valence-electron chi connectivity index (χ3n) is 2.79. The minimum Gasteiger partial charge on any atom is -0.475 e. The van der Waals surface area contributed by atoms with E-state index in [2.05, 4.69) is 15.2 Å². The summed E-state index contributed by atoms with van der Waals surface area (Å²) in [5.41, 5.74) is 1.65. The van der Waals surface area contributed by atoms with E-state index in [1.54, 1.807) is 9.36 Å². The highest BCUT2D eigenvalue weighted by Crippen LogP contribution is 2.20. The fraction of sp³-hybridized carbons (Fsp3) is 0.500. The second-order valence-electron chi connectivity index (χ2n) is 4.65. The lowest BCUT2D eigenvalue weighted by molar-refractivity contribution is 0.0683. The summed E-state index contributed by atoms with van der Waals surface area (Å²) in [6, 6.07) is 0. The zero-order chi connectivity index (χ0) is 14.2. The van der Waals surface area contributed by atoms with Crippen LogP contribution < -0.4 is 0 Å². The van der Waals surface area contributed by atoms with Gasteiger partial charge in [-0.05, 0) is 6.42 Å². The van der Waals surface area contributed by atoms with Crippen molar-refractivity contribution >= 4 is 5.97 Å². The van der Waals surface area contributed by atoms with E-state index >= 15 is 0 Å². The Labute approximate surface area is 110 Å². The summed E-state index contributed by atoms with van der Waals surface area (Å²) in [7, 11) is 1.83. The molecule has 0 saturated heterocycles. The van der Waals surface area contributed by atoms with Gasteiger partial charge in [-0.15, -0.1) is 5.10 Å².